The molecule has 1 aliphatic carbocycles. The highest BCUT2D eigenvalue weighted by Gasteiger charge is 2.20. The molecule has 0 aromatic rings. The van der Waals surface area contributed by atoms with Crippen molar-refractivity contribution in [3.8, 4) is 0 Å². The first-order valence-electron chi connectivity index (χ1n) is 4.21. The molecule has 0 heterocycles. The summed E-state index contributed by atoms with van der Waals surface area (Å²) in [5.74, 6) is 0.623. The van der Waals surface area contributed by atoms with Crippen LogP contribution in [0.15, 0.2) is 11.8 Å². The maximum atomic E-state index is 11.1. The zero-order valence-corrected chi connectivity index (χ0v) is 7.66. The number of Topliss-reactive ketones (excluding diaryl/α,β-unsaturated/α-hetero) is 1. The third kappa shape index (κ3) is 3.16. The molecule has 0 fully saturated rings. The van der Waals surface area contributed by atoms with Gasteiger partial charge < -0.3 is 14.6 Å². The van der Waals surface area contributed by atoms with Crippen LogP contribution in [0.3, 0.4) is 0 Å². The summed E-state index contributed by atoms with van der Waals surface area (Å²) in [6, 6.07) is 0. The first kappa shape index (κ1) is 10.2. The van der Waals surface area contributed by atoms with Gasteiger partial charge in [0.15, 0.2) is 6.79 Å². The van der Waals surface area contributed by atoms with E-state index in [-0.39, 0.29) is 25.1 Å². The van der Waals surface area contributed by atoms with Crippen molar-refractivity contribution in [3.63, 3.8) is 0 Å². The first-order chi connectivity index (χ1) is 6.26. The molecule has 0 aromatic carbocycles. The summed E-state index contributed by atoms with van der Waals surface area (Å²) in [4.78, 5) is 11.1. The van der Waals surface area contributed by atoms with Gasteiger partial charge >= 0.3 is 0 Å². The van der Waals surface area contributed by atoms with Crippen LogP contribution in [0.1, 0.15) is 12.8 Å². The molecular weight excluding hydrogens is 172 g/mol. The van der Waals surface area contributed by atoms with Gasteiger partial charge in [0.05, 0.1) is 6.42 Å². The Balaban J connectivity index is 2.50. The number of ketones is 1. The Kier molecular flexibility index (Phi) is 3.92. The minimum absolute atomic E-state index is 0.00835. The molecule has 1 N–H and O–H groups in total. The summed E-state index contributed by atoms with van der Waals surface area (Å²) >= 11 is 0. The fourth-order valence-electron chi connectivity index (χ4n) is 1.29. The second-order valence-corrected chi connectivity index (χ2v) is 3.05. The van der Waals surface area contributed by atoms with Crippen LogP contribution in [-0.4, -0.2) is 31.4 Å². The highest BCUT2D eigenvalue weighted by atomic mass is 16.7. The lowest BCUT2D eigenvalue weighted by Gasteiger charge is -2.18. The normalized spacial score (nSPS) is 22.8. The Bertz CT molecular complexity index is 210. The van der Waals surface area contributed by atoms with Crippen LogP contribution >= 0.6 is 0 Å². The number of ether oxygens (including phenoxy) is 2. The third-order valence-corrected chi connectivity index (χ3v) is 1.88. The highest BCUT2D eigenvalue weighted by Crippen LogP contribution is 2.20. The van der Waals surface area contributed by atoms with E-state index in [0.717, 1.165) is 0 Å². The molecule has 0 aromatic heterocycles. The Morgan fingerprint density at radius 2 is 2.46 bits per heavy atom. The minimum Gasteiger partial charge on any atom is -0.472 e. The fraction of sp³-hybridized carbons (Fsp3) is 0.667. The van der Waals surface area contributed by atoms with Crippen molar-refractivity contribution in [2.75, 3.05) is 20.5 Å². The number of hydrogen-bond donors (Lipinski definition) is 1. The molecule has 1 rings (SSSR count). The molecule has 1 unspecified atom stereocenters. The SMILES string of the molecule is COCOC1=CC(CO)CC(=O)C1. The summed E-state index contributed by atoms with van der Waals surface area (Å²) < 4.78 is 9.85. The van der Waals surface area contributed by atoms with Gasteiger partial charge in [-0.05, 0) is 6.08 Å². The van der Waals surface area contributed by atoms with Gasteiger partial charge in [-0.1, -0.05) is 0 Å². The Hall–Kier alpha value is -0.870. The second kappa shape index (κ2) is 4.99. The lowest BCUT2D eigenvalue weighted by Crippen LogP contribution is -2.18. The highest BCUT2D eigenvalue weighted by molar-refractivity contribution is 5.82. The van der Waals surface area contributed by atoms with Crippen molar-refractivity contribution >= 4 is 5.78 Å². The average molecular weight is 186 g/mol. The monoisotopic (exact) mass is 186 g/mol. The van der Waals surface area contributed by atoms with Crippen LogP contribution in [0, 0.1) is 5.92 Å². The van der Waals surface area contributed by atoms with E-state index in [1.54, 1.807) is 6.08 Å². The molecule has 0 aliphatic heterocycles. The summed E-state index contributed by atoms with van der Waals surface area (Å²) in [6.45, 7) is 0.142. The number of carbonyl (C=O) groups is 1. The molecule has 4 heteroatoms. The molecule has 0 spiro atoms. The van der Waals surface area contributed by atoms with Gasteiger partial charge in [-0.3, -0.25) is 4.79 Å². The molecule has 0 radical (unpaired) electrons. The zero-order valence-electron chi connectivity index (χ0n) is 7.66. The summed E-state index contributed by atoms with van der Waals surface area (Å²) in [5, 5.41) is 8.87. The Morgan fingerprint density at radius 3 is 3.08 bits per heavy atom. The fourth-order valence-corrected chi connectivity index (χ4v) is 1.29. The number of carbonyl (C=O) groups excluding carboxylic acids is 1. The van der Waals surface area contributed by atoms with Gasteiger partial charge in [-0.25, -0.2) is 0 Å². The molecule has 0 saturated carbocycles. The van der Waals surface area contributed by atoms with E-state index in [1.165, 1.54) is 7.11 Å². The molecule has 0 amide bonds. The van der Waals surface area contributed by atoms with Crippen LogP contribution < -0.4 is 0 Å². The lowest BCUT2D eigenvalue weighted by molar-refractivity contribution is -0.121. The predicted molar refractivity (Wildman–Crippen MR) is 45.9 cm³/mol. The van der Waals surface area contributed by atoms with Crippen molar-refractivity contribution < 1.29 is 19.4 Å². The summed E-state index contributed by atoms with van der Waals surface area (Å²) in [7, 11) is 1.52. The maximum absolute atomic E-state index is 11.1. The van der Waals surface area contributed by atoms with E-state index in [1.807, 2.05) is 0 Å². The molecule has 0 saturated heterocycles. The molecule has 4 nitrogen and oxygen atoms in total. The van der Waals surface area contributed by atoms with Gasteiger partial charge in [0.1, 0.15) is 11.5 Å². The first-order valence-corrected chi connectivity index (χ1v) is 4.21. The van der Waals surface area contributed by atoms with Gasteiger partial charge in [0.25, 0.3) is 0 Å². The van der Waals surface area contributed by atoms with Crippen molar-refractivity contribution in [2.24, 2.45) is 5.92 Å². The van der Waals surface area contributed by atoms with Crippen molar-refractivity contribution in [2.45, 2.75) is 12.8 Å². The Labute approximate surface area is 77.1 Å². The van der Waals surface area contributed by atoms with Crippen molar-refractivity contribution in [1.82, 2.24) is 0 Å². The zero-order chi connectivity index (χ0) is 9.68. The molecule has 74 valence electrons. The number of methoxy groups -OCH3 is 1. The van der Waals surface area contributed by atoms with Gasteiger partial charge in [0.2, 0.25) is 0 Å². The largest absolute Gasteiger partial charge is 0.472 e. The number of aliphatic hydroxyl groups excluding tert-OH is 1. The van der Waals surface area contributed by atoms with Crippen LogP contribution in [-0.2, 0) is 14.3 Å². The summed E-state index contributed by atoms with van der Waals surface area (Å²) in [5.41, 5.74) is 0. The summed E-state index contributed by atoms with van der Waals surface area (Å²) in [6.07, 6.45) is 2.52. The van der Waals surface area contributed by atoms with Crippen LogP contribution in [0.4, 0.5) is 0 Å². The van der Waals surface area contributed by atoms with E-state index in [2.05, 4.69) is 0 Å². The van der Waals surface area contributed by atoms with E-state index in [9.17, 15) is 4.79 Å². The quantitative estimate of drug-likeness (QED) is 0.648. The topological polar surface area (TPSA) is 55.8 Å². The van der Waals surface area contributed by atoms with Gasteiger partial charge in [-0.2, -0.15) is 0 Å². The predicted octanol–water partition coefficient (Wildman–Crippen LogP) is 0.462. The van der Waals surface area contributed by atoms with Gasteiger partial charge in [-0.15, -0.1) is 0 Å². The van der Waals surface area contributed by atoms with E-state index < -0.39 is 0 Å². The van der Waals surface area contributed by atoms with Crippen molar-refractivity contribution in [3.05, 3.63) is 11.8 Å². The van der Waals surface area contributed by atoms with Crippen LogP contribution in [0.5, 0.6) is 0 Å². The number of aliphatic hydroxyl groups is 1. The molecule has 0 bridgehead atoms. The average Bonchev–Trinajstić information content (AvgIpc) is 2.14. The smallest absolute Gasteiger partial charge is 0.188 e. The van der Waals surface area contributed by atoms with E-state index in [0.29, 0.717) is 18.6 Å². The minimum atomic E-state index is -0.0897. The van der Waals surface area contributed by atoms with E-state index in [4.69, 9.17) is 14.6 Å². The number of hydrogen-bond acceptors (Lipinski definition) is 4. The van der Waals surface area contributed by atoms with E-state index >= 15 is 0 Å². The standard InChI is InChI=1S/C9H14O4/c1-12-6-13-9-3-7(5-10)2-8(11)4-9/h3,7,10H,2,4-6H2,1H3. The Morgan fingerprint density at radius 1 is 1.69 bits per heavy atom. The molecule has 13 heavy (non-hydrogen) atoms. The molecule has 1 aliphatic rings. The molecule has 1 atom stereocenters. The van der Waals surface area contributed by atoms with Crippen LogP contribution in [0.25, 0.3) is 0 Å². The second-order valence-electron chi connectivity index (χ2n) is 3.05. The molecular formula is C9H14O4. The lowest BCUT2D eigenvalue weighted by atomic mass is 9.94. The van der Waals surface area contributed by atoms with Crippen molar-refractivity contribution in [1.29, 1.82) is 0 Å². The maximum Gasteiger partial charge on any atom is 0.188 e. The third-order valence-electron chi connectivity index (χ3n) is 1.88. The van der Waals surface area contributed by atoms with Gasteiger partial charge in [0, 0.05) is 26.1 Å². The number of rotatable bonds is 4. The van der Waals surface area contributed by atoms with Crippen LogP contribution in [0.2, 0.25) is 0 Å². The number of allylic oxidation sites excluding steroid dienone is 1.